The second kappa shape index (κ2) is 5.76. The first-order valence-corrected chi connectivity index (χ1v) is 5.59. The second-order valence-electron chi connectivity index (χ2n) is 4.42. The Morgan fingerprint density at radius 3 is 2.20 bits per heavy atom. The first kappa shape index (κ1) is 12.1. The Hall–Kier alpha value is -1.02. The number of hydrogen-bond donors (Lipinski definition) is 1. The predicted octanol–water partition coefficient (Wildman–Crippen LogP) is 2.29. The van der Waals surface area contributed by atoms with Crippen molar-refractivity contribution in [3.05, 3.63) is 29.8 Å². The molecule has 0 bridgehead atoms. The van der Waals surface area contributed by atoms with Crippen molar-refractivity contribution in [2.24, 2.45) is 0 Å². The molecule has 0 aliphatic carbocycles. The molecule has 15 heavy (non-hydrogen) atoms. The van der Waals surface area contributed by atoms with Crippen LogP contribution in [0.1, 0.15) is 19.4 Å². The predicted molar refractivity (Wildman–Crippen MR) is 67.6 cm³/mol. The van der Waals surface area contributed by atoms with Crippen LogP contribution < -0.4 is 10.2 Å². The molecule has 2 nitrogen and oxygen atoms in total. The largest absolute Gasteiger partial charge is 0.378 e. The van der Waals surface area contributed by atoms with Crippen LogP contribution in [0.3, 0.4) is 0 Å². The van der Waals surface area contributed by atoms with E-state index < -0.39 is 0 Å². The van der Waals surface area contributed by atoms with Gasteiger partial charge in [-0.15, -0.1) is 0 Å². The molecule has 0 aromatic heterocycles. The van der Waals surface area contributed by atoms with Gasteiger partial charge in [0.05, 0.1) is 0 Å². The van der Waals surface area contributed by atoms with Gasteiger partial charge < -0.3 is 10.2 Å². The van der Waals surface area contributed by atoms with E-state index in [4.69, 9.17) is 0 Å². The Labute approximate surface area is 93.3 Å². The van der Waals surface area contributed by atoms with Gasteiger partial charge >= 0.3 is 0 Å². The highest BCUT2D eigenvalue weighted by Gasteiger charge is 1.97. The molecule has 0 amide bonds. The van der Waals surface area contributed by atoms with Crippen LogP contribution in [0.4, 0.5) is 5.69 Å². The lowest BCUT2D eigenvalue weighted by Crippen LogP contribution is -2.24. The quantitative estimate of drug-likeness (QED) is 0.795. The molecule has 2 heteroatoms. The lowest BCUT2D eigenvalue weighted by Gasteiger charge is -2.13. The van der Waals surface area contributed by atoms with E-state index in [-0.39, 0.29) is 0 Å². The van der Waals surface area contributed by atoms with Crippen molar-refractivity contribution in [1.29, 1.82) is 0 Å². The highest BCUT2D eigenvalue weighted by atomic mass is 15.1. The molecule has 0 fully saturated rings. The summed E-state index contributed by atoms with van der Waals surface area (Å²) in [6.45, 7) is 5.41. The molecule has 1 rings (SSSR count). The molecule has 1 aromatic rings. The van der Waals surface area contributed by atoms with Crippen molar-refractivity contribution >= 4 is 5.69 Å². The highest BCUT2D eigenvalue weighted by Crippen LogP contribution is 2.12. The normalized spacial score (nSPS) is 10.7. The molecule has 0 aliphatic heterocycles. The van der Waals surface area contributed by atoms with E-state index in [1.807, 2.05) is 0 Å². The van der Waals surface area contributed by atoms with Gasteiger partial charge in [0.25, 0.3) is 0 Å². The molecule has 0 spiro atoms. The molecule has 1 aromatic carbocycles. The van der Waals surface area contributed by atoms with Crippen molar-refractivity contribution in [3.8, 4) is 0 Å². The summed E-state index contributed by atoms with van der Waals surface area (Å²) >= 11 is 0. The Kier molecular flexibility index (Phi) is 4.63. The first-order valence-electron chi connectivity index (χ1n) is 5.59. The summed E-state index contributed by atoms with van der Waals surface area (Å²) in [5, 5.41) is 3.42. The molecule has 0 saturated heterocycles. The van der Waals surface area contributed by atoms with E-state index in [1.165, 1.54) is 11.3 Å². The summed E-state index contributed by atoms with van der Waals surface area (Å²) < 4.78 is 0. The zero-order chi connectivity index (χ0) is 11.3. The van der Waals surface area contributed by atoms with Crippen LogP contribution in [0.2, 0.25) is 0 Å². The van der Waals surface area contributed by atoms with Crippen LogP contribution in [0.15, 0.2) is 24.3 Å². The van der Waals surface area contributed by atoms with Gasteiger partial charge in [0.1, 0.15) is 0 Å². The fraction of sp³-hybridized carbons (Fsp3) is 0.538. The minimum atomic E-state index is 0.575. The average Bonchev–Trinajstić information content (AvgIpc) is 2.18. The molecule has 0 heterocycles. The van der Waals surface area contributed by atoms with Gasteiger partial charge in [-0.2, -0.15) is 0 Å². The highest BCUT2D eigenvalue weighted by molar-refractivity contribution is 5.45. The standard InChI is InChI=1S/C13H22N2/c1-11(2)14-10-9-12-5-7-13(8-6-12)15(3)4/h5-8,11,14H,9-10H2,1-4H3. The van der Waals surface area contributed by atoms with Crippen molar-refractivity contribution in [2.75, 3.05) is 25.5 Å². The fourth-order valence-electron chi connectivity index (χ4n) is 1.47. The molecular formula is C13H22N2. The van der Waals surface area contributed by atoms with E-state index in [9.17, 15) is 0 Å². The van der Waals surface area contributed by atoms with Crippen LogP contribution in [0.5, 0.6) is 0 Å². The number of nitrogens with zero attached hydrogens (tertiary/aromatic N) is 1. The maximum Gasteiger partial charge on any atom is 0.0361 e. The van der Waals surface area contributed by atoms with Crippen LogP contribution in [0.25, 0.3) is 0 Å². The second-order valence-corrected chi connectivity index (χ2v) is 4.42. The van der Waals surface area contributed by atoms with Crippen LogP contribution in [0, 0.1) is 0 Å². The Morgan fingerprint density at radius 2 is 1.73 bits per heavy atom. The van der Waals surface area contributed by atoms with Gasteiger partial charge in [0, 0.05) is 25.8 Å². The summed E-state index contributed by atoms with van der Waals surface area (Å²) in [5.41, 5.74) is 2.66. The fourth-order valence-corrected chi connectivity index (χ4v) is 1.47. The Morgan fingerprint density at radius 1 is 1.13 bits per heavy atom. The summed E-state index contributed by atoms with van der Waals surface area (Å²) in [6, 6.07) is 9.33. The average molecular weight is 206 g/mol. The van der Waals surface area contributed by atoms with Gasteiger partial charge in [-0.05, 0) is 30.7 Å². The van der Waals surface area contributed by atoms with E-state index in [0.29, 0.717) is 6.04 Å². The molecular weight excluding hydrogens is 184 g/mol. The summed E-state index contributed by atoms with van der Waals surface area (Å²) in [5.74, 6) is 0. The molecule has 84 valence electrons. The van der Waals surface area contributed by atoms with Gasteiger partial charge in [-0.25, -0.2) is 0 Å². The number of nitrogens with one attached hydrogen (secondary N) is 1. The number of anilines is 1. The zero-order valence-electron chi connectivity index (χ0n) is 10.2. The molecule has 0 unspecified atom stereocenters. The van der Waals surface area contributed by atoms with E-state index in [2.05, 4.69) is 62.4 Å². The maximum atomic E-state index is 3.42. The molecule has 0 aliphatic rings. The van der Waals surface area contributed by atoms with Crippen molar-refractivity contribution in [1.82, 2.24) is 5.32 Å². The van der Waals surface area contributed by atoms with Gasteiger partial charge in [0.15, 0.2) is 0 Å². The minimum absolute atomic E-state index is 0.575. The third-order valence-corrected chi connectivity index (χ3v) is 2.42. The van der Waals surface area contributed by atoms with Crippen molar-refractivity contribution < 1.29 is 0 Å². The summed E-state index contributed by atoms with van der Waals surface area (Å²) in [7, 11) is 4.13. The summed E-state index contributed by atoms with van der Waals surface area (Å²) in [4.78, 5) is 2.12. The van der Waals surface area contributed by atoms with Gasteiger partial charge in [0.2, 0.25) is 0 Å². The minimum Gasteiger partial charge on any atom is -0.378 e. The Balaban J connectivity index is 2.43. The van der Waals surface area contributed by atoms with Gasteiger partial charge in [-0.1, -0.05) is 26.0 Å². The number of hydrogen-bond acceptors (Lipinski definition) is 2. The first-order chi connectivity index (χ1) is 7.09. The zero-order valence-corrected chi connectivity index (χ0v) is 10.2. The molecule has 0 saturated carbocycles. The molecule has 0 radical (unpaired) electrons. The number of benzene rings is 1. The topological polar surface area (TPSA) is 15.3 Å². The van der Waals surface area contributed by atoms with Crippen LogP contribution >= 0.6 is 0 Å². The lowest BCUT2D eigenvalue weighted by molar-refractivity contribution is 0.590. The molecule has 0 atom stereocenters. The lowest BCUT2D eigenvalue weighted by atomic mass is 10.1. The van der Waals surface area contributed by atoms with Crippen LogP contribution in [-0.2, 0) is 6.42 Å². The van der Waals surface area contributed by atoms with E-state index in [1.54, 1.807) is 0 Å². The van der Waals surface area contributed by atoms with Crippen molar-refractivity contribution in [2.45, 2.75) is 26.3 Å². The summed E-state index contributed by atoms with van der Waals surface area (Å²) in [6.07, 6.45) is 1.10. The third-order valence-electron chi connectivity index (χ3n) is 2.42. The monoisotopic (exact) mass is 206 g/mol. The maximum absolute atomic E-state index is 3.42. The SMILES string of the molecule is CC(C)NCCc1ccc(N(C)C)cc1. The third kappa shape index (κ3) is 4.34. The van der Waals surface area contributed by atoms with Crippen LogP contribution in [-0.4, -0.2) is 26.7 Å². The van der Waals surface area contributed by atoms with E-state index in [0.717, 1.165) is 13.0 Å². The molecule has 1 N–H and O–H groups in total. The number of rotatable bonds is 5. The Bertz CT molecular complexity index is 275. The van der Waals surface area contributed by atoms with Gasteiger partial charge in [-0.3, -0.25) is 0 Å². The van der Waals surface area contributed by atoms with Crippen molar-refractivity contribution in [3.63, 3.8) is 0 Å². The van der Waals surface area contributed by atoms with E-state index >= 15 is 0 Å². The smallest absolute Gasteiger partial charge is 0.0361 e.